The molecule has 1 heterocycles. The van der Waals surface area contributed by atoms with Crippen molar-refractivity contribution >= 4 is 17.1 Å². The smallest absolute Gasteiger partial charge is 0.188 e. The average molecular weight is 195 g/mol. The molecule has 0 aliphatic rings. The van der Waals surface area contributed by atoms with Gasteiger partial charge >= 0.3 is 0 Å². The number of nitrogens with zero attached hydrogens (tertiary/aromatic N) is 1. The van der Waals surface area contributed by atoms with E-state index in [1.165, 1.54) is 11.3 Å². The van der Waals surface area contributed by atoms with Crippen LogP contribution < -0.4 is 0 Å². The van der Waals surface area contributed by atoms with E-state index in [0.29, 0.717) is 0 Å². The highest BCUT2D eigenvalue weighted by Gasteiger charge is 2.03. The lowest BCUT2D eigenvalue weighted by molar-refractivity contribution is 0.104. The molecule has 0 aromatic carbocycles. The Morgan fingerprint density at radius 3 is 2.69 bits per heavy atom. The van der Waals surface area contributed by atoms with Crippen LogP contribution in [0.4, 0.5) is 0 Å². The van der Waals surface area contributed by atoms with Crippen molar-refractivity contribution in [2.75, 3.05) is 14.1 Å². The molecule has 0 aliphatic heterocycles. The molecule has 1 aromatic rings. The van der Waals surface area contributed by atoms with Crippen LogP contribution in [0.25, 0.3) is 0 Å². The second-order valence-corrected chi connectivity index (χ2v) is 3.84. The number of hydrogen-bond acceptors (Lipinski definition) is 3. The molecule has 0 bridgehead atoms. The third kappa shape index (κ3) is 2.70. The minimum atomic E-state index is 0.0763. The Kier molecular flexibility index (Phi) is 3.25. The highest BCUT2D eigenvalue weighted by Crippen LogP contribution is 2.09. The van der Waals surface area contributed by atoms with Gasteiger partial charge in [-0.15, -0.1) is 0 Å². The molecule has 0 saturated heterocycles. The molecule has 2 nitrogen and oxygen atoms in total. The van der Waals surface area contributed by atoms with E-state index in [9.17, 15) is 4.79 Å². The topological polar surface area (TPSA) is 20.3 Å². The van der Waals surface area contributed by atoms with E-state index < -0.39 is 0 Å². The minimum Gasteiger partial charge on any atom is -0.381 e. The molecular formula is C10H13NOS. The van der Waals surface area contributed by atoms with Crippen LogP contribution in [0.1, 0.15) is 17.3 Å². The summed E-state index contributed by atoms with van der Waals surface area (Å²) in [6.45, 7) is 1.92. The quantitative estimate of drug-likeness (QED) is 0.545. The van der Waals surface area contributed by atoms with Gasteiger partial charge in [-0.05, 0) is 18.4 Å². The third-order valence-corrected chi connectivity index (χ3v) is 2.53. The Hall–Kier alpha value is -1.09. The molecule has 0 atom stereocenters. The van der Waals surface area contributed by atoms with Gasteiger partial charge in [0.05, 0.1) is 0 Å². The summed E-state index contributed by atoms with van der Waals surface area (Å²) in [5, 5.41) is 3.77. The summed E-state index contributed by atoms with van der Waals surface area (Å²) >= 11 is 1.54. The van der Waals surface area contributed by atoms with Crippen molar-refractivity contribution in [3.05, 3.63) is 34.2 Å². The van der Waals surface area contributed by atoms with Gasteiger partial charge in [-0.25, -0.2) is 0 Å². The van der Waals surface area contributed by atoms with E-state index in [0.717, 1.165) is 11.3 Å². The fraction of sp³-hybridized carbons (Fsp3) is 0.300. The molecule has 0 unspecified atom stereocenters. The number of rotatable bonds is 3. The molecule has 70 valence electrons. The van der Waals surface area contributed by atoms with E-state index in [1.807, 2.05) is 42.7 Å². The standard InChI is InChI=1S/C10H13NOS/c1-8(11(2)3)6-10(12)9-4-5-13-7-9/h4-7H,1-3H3. The Balaban J connectivity index is 2.76. The van der Waals surface area contributed by atoms with Crippen LogP contribution in [0.15, 0.2) is 28.6 Å². The van der Waals surface area contributed by atoms with Gasteiger partial charge in [-0.1, -0.05) is 0 Å². The first-order chi connectivity index (χ1) is 6.11. The molecule has 13 heavy (non-hydrogen) atoms. The maximum absolute atomic E-state index is 11.5. The lowest BCUT2D eigenvalue weighted by Gasteiger charge is -2.11. The van der Waals surface area contributed by atoms with Crippen molar-refractivity contribution in [3.63, 3.8) is 0 Å². The Morgan fingerprint density at radius 2 is 2.23 bits per heavy atom. The lowest BCUT2D eigenvalue weighted by atomic mass is 10.2. The molecule has 0 radical (unpaired) electrons. The first-order valence-corrected chi connectivity index (χ1v) is 4.97. The molecule has 1 aromatic heterocycles. The predicted octanol–water partition coefficient (Wildman–Crippen LogP) is 2.40. The molecule has 0 spiro atoms. The van der Waals surface area contributed by atoms with Gasteiger partial charge in [0.2, 0.25) is 0 Å². The highest BCUT2D eigenvalue weighted by atomic mass is 32.1. The number of allylic oxidation sites excluding steroid dienone is 2. The molecule has 3 heteroatoms. The molecule has 0 aliphatic carbocycles. The Labute approximate surface area is 82.5 Å². The molecule has 0 fully saturated rings. The van der Waals surface area contributed by atoms with E-state index in [-0.39, 0.29) is 5.78 Å². The predicted molar refractivity (Wildman–Crippen MR) is 56.1 cm³/mol. The molecule has 0 N–H and O–H groups in total. The van der Waals surface area contributed by atoms with Crippen LogP contribution >= 0.6 is 11.3 Å². The zero-order chi connectivity index (χ0) is 9.84. The molecular weight excluding hydrogens is 182 g/mol. The van der Waals surface area contributed by atoms with Gasteiger partial charge < -0.3 is 4.90 Å². The van der Waals surface area contributed by atoms with Crippen LogP contribution in [-0.2, 0) is 0 Å². The summed E-state index contributed by atoms with van der Waals surface area (Å²) in [4.78, 5) is 13.4. The van der Waals surface area contributed by atoms with Crippen LogP contribution in [0.5, 0.6) is 0 Å². The maximum atomic E-state index is 11.5. The first kappa shape index (κ1) is 9.99. The van der Waals surface area contributed by atoms with Gasteiger partial charge in [-0.2, -0.15) is 11.3 Å². The van der Waals surface area contributed by atoms with Crippen molar-refractivity contribution in [2.45, 2.75) is 6.92 Å². The van der Waals surface area contributed by atoms with Crippen LogP contribution in [0, 0.1) is 0 Å². The molecule has 0 amide bonds. The largest absolute Gasteiger partial charge is 0.381 e. The fourth-order valence-electron chi connectivity index (χ4n) is 0.807. The summed E-state index contributed by atoms with van der Waals surface area (Å²) in [5.41, 5.74) is 1.74. The summed E-state index contributed by atoms with van der Waals surface area (Å²) in [6, 6.07) is 1.84. The lowest BCUT2D eigenvalue weighted by Crippen LogP contribution is -2.09. The average Bonchev–Trinajstić information content (AvgIpc) is 2.55. The van der Waals surface area contributed by atoms with Gasteiger partial charge in [0.15, 0.2) is 5.78 Å². The number of carbonyl (C=O) groups is 1. The zero-order valence-corrected chi connectivity index (χ0v) is 8.89. The second kappa shape index (κ2) is 4.23. The summed E-state index contributed by atoms with van der Waals surface area (Å²) in [6.07, 6.45) is 1.65. The Morgan fingerprint density at radius 1 is 1.54 bits per heavy atom. The summed E-state index contributed by atoms with van der Waals surface area (Å²) in [7, 11) is 3.85. The van der Waals surface area contributed by atoms with E-state index >= 15 is 0 Å². The van der Waals surface area contributed by atoms with E-state index in [1.54, 1.807) is 6.08 Å². The maximum Gasteiger partial charge on any atom is 0.188 e. The highest BCUT2D eigenvalue weighted by molar-refractivity contribution is 7.08. The summed E-state index contributed by atoms with van der Waals surface area (Å²) < 4.78 is 0. The summed E-state index contributed by atoms with van der Waals surface area (Å²) in [5.74, 6) is 0.0763. The van der Waals surface area contributed by atoms with E-state index in [2.05, 4.69) is 0 Å². The van der Waals surface area contributed by atoms with Gasteiger partial charge in [-0.3, -0.25) is 4.79 Å². The van der Waals surface area contributed by atoms with Crippen molar-refractivity contribution in [1.82, 2.24) is 4.90 Å². The van der Waals surface area contributed by atoms with Gasteiger partial charge in [0.25, 0.3) is 0 Å². The minimum absolute atomic E-state index is 0.0763. The van der Waals surface area contributed by atoms with Crippen molar-refractivity contribution in [1.29, 1.82) is 0 Å². The van der Waals surface area contributed by atoms with Crippen LogP contribution in [0.3, 0.4) is 0 Å². The third-order valence-electron chi connectivity index (χ3n) is 1.85. The van der Waals surface area contributed by atoms with Crippen molar-refractivity contribution < 1.29 is 4.79 Å². The number of hydrogen-bond donors (Lipinski definition) is 0. The number of ketones is 1. The normalized spacial score (nSPS) is 11.5. The SMILES string of the molecule is CC(=CC(=O)c1ccsc1)N(C)C. The Bertz CT molecular complexity index is 312. The zero-order valence-electron chi connectivity index (χ0n) is 8.07. The van der Waals surface area contributed by atoms with Gasteiger partial charge in [0.1, 0.15) is 0 Å². The number of thiophene rings is 1. The van der Waals surface area contributed by atoms with E-state index in [4.69, 9.17) is 0 Å². The van der Waals surface area contributed by atoms with Crippen LogP contribution in [-0.4, -0.2) is 24.8 Å². The van der Waals surface area contributed by atoms with Gasteiger partial charge in [0, 0.05) is 36.8 Å². The monoisotopic (exact) mass is 195 g/mol. The fourth-order valence-corrected chi connectivity index (χ4v) is 1.45. The molecule has 0 saturated carbocycles. The molecule has 1 rings (SSSR count). The van der Waals surface area contributed by atoms with Crippen molar-refractivity contribution in [2.24, 2.45) is 0 Å². The number of carbonyl (C=O) groups excluding carboxylic acids is 1. The first-order valence-electron chi connectivity index (χ1n) is 4.03. The van der Waals surface area contributed by atoms with Crippen molar-refractivity contribution in [3.8, 4) is 0 Å². The second-order valence-electron chi connectivity index (χ2n) is 3.06. The van der Waals surface area contributed by atoms with Crippen LogP contribution in [0.2, 0.25) is 0 Å².